The summed E-state index contributed by atoms with van der Waals surface area (Å²) in [5.74, 6) is -0.614. The van der Waals surface area contributed by atoms with Gasteiger partial charge in [0.1, 0.15) is 5.69 Å². The summed E-state index contributed by atoms with van der Waals surface area (Å²) in [4.78, 5) is 25.9. The van der Waals surface area contributed by atoms with Crippen molar-refractivity contribution in [1.82, 2.24) is 29.3 Å². The molecule has 2 amide bonds. The van der Waals surface area contributed by atoms with Gasteiger partial charge in [0, 0.05) is 19.8 Å². The highest BCUT2D eigenvalue weighted by atomic mass is 35.5. The van der Waals surface area contributed by atoms with Crippen molar-refractivity contribution in [2.75, 3.05) is 10.6 Å². The number of hydrogen-bond donors (Lipinski definition) is 2. The summed E-state index contributed by atoms with van der Waals surface area (Å²) in [5, 5.41) is 18.8. The zero-order valence-corrected chi connectivity index (χ0v) is 20.6. The van der Waals surface area contributed by atoms with E-state index in [1.807, 2.05) is 13.8 Å². The van der Waals surface area contributed by atoms with Crippen LogP contribution < -0.4 is 15.4 Å². The molecule has 0 aliphatic heterocycles. The average molecular weight is 517 g/mol. The minimum absolute atomic E-state index is 0.0113. The summed E-state index contributed by atoms with van der Waals surface area (Å²) in [6, 6.07) is 6.55. The maximum absolute atomic E-state index is 13.0. The Labute approximate surface area is 210 Å². The van der Waals surface area contributed by atoms with Gasteiger partial charge >= 0.3 is 0 Å². The van der Waals surface area contributed by atoms with Crippen LogP contribution in [0.1, 0.15) is 33.6 Å². The predicted molar refractivity (Wildman–Crippen MR) is 131 cm³/mol. The second-order valence-corrected chi connectivity index (χ2v) is 8.28. The minimum atomic E-state index is -0.512. The SMILES string of the molecule is CCn1ncc(NC(=O)c2ccn(COc3c(Cl)cccc3Cl)n2)c1C(=O)Nc1cnn(C)c1C. The number of aromatic nitrogens is 6. The lowest BCUT2D eigenvalue weighted by Crippen LogP contribution is -2.21. The van der Waals surface area contributed by atoms with Gasteiger partial charge in [0.2, 0.25) is 0 Å². The molecule has 0 radical (unpaired) electrons. The molecule has 11 nitrogen and oxygen atoms in total. The third kappa shape index (κ3) is 5.15. The number of amides is 2. The number of halogens is 2. The van der Waals surface area contributed by atoms with E-state index in [4.69, 9.17) is 27.9 Å². The lowest BCUT2D eigenvalue weighted by Gasteiger charge is -2.10. The Bertz CT molecular complexity index is 1370. The lowest BCUT2D eigenvalue weighted by molar-refractivity contribution is 0.101. The number of benzene rings is 1. The maximum atomic E-state index is 13.0. The molecule has 0 saturated carbocycles. The number of carbonyl (C=O) groups excluding carboxylic acids is 2. The Morgan fingerprint density at radius 2 is 1.71 bits per heavy atom. The zero-order chi connectivity index (χ0) is 25.1. The van der Waals surface area contributed by atoms with Gasteiger partial charge in [-0.25, -0.2) is 4.68 Å². The van der Waals surface area contributed by atoms with E-state index >= 15 is 0 Å². The third-order valence-corrected chi connectivity index (χ3v) is 5.81. The fourth-order valence-electron chi connectivity index (χ4n) is 3.25. The van der Waals surface area contributed by atoms with E-state index < -0.39 is 11.8 Å². The molecular weight excluding hydrogens is 495 g/mol. The minimum Gasteiger partial charge on any atom is -0.468 e. The molecular formula is C22H22Cl2N8O3. The number of rotatable bonds is 8. The van der Waals surface area contributed by atoms with Gasteiger partial charge in [0.15, 0.2) is 18.2 Å². The third-order valence-electron chi connectivity index (χ3n) is 5.22. The monoisotopic (exact) mass is 516 g/mol. The standard InChI is InChI=1S/C22H22Cl2N8O3/c1-4-32-19(22(34)27-17-10-25-30(3)13(17)2)18(11-26-32)28-21(33)16-8-9-31(29-16)12-35-20-14(23)6-5-7-15(20)24/h5-11H,4,12H2,1-3H3,(H,27,34)(H,28,33). The number of anilines is 2. The molecule has 2 N–H and O–H groups in total. The van der Waals surface area contributed by atoms with Crippen molar-refractivity contribution in [2.45, 2.75) is 27.1 Å². The van der Waals surface area contributed by atoms with Gasteiger partial charge < -0.3 is 15.4 Å². The highest BCUT2D eigenvalue weighted by Gasteiger charge is 2.22. The first kappa shape index (κ1) is 24.3. The number of para-hydroxylation sites is 1. The van der Waals surface area contributed by atoms with E-state index in [1.54, 1.807) is 42.3 Å². The van der Waals surface area contributed by atoms with E-state index in [-0.39, 0.29) is 23.8 Å². The first-order valence-electron chi connectivity index (χ1n) is 10.6. The molecule has 0 fully saturated rings. The molecule has 35 heavy (non-hydrogen) atoms. The van der Waals surface area contributed by atoms with Gasteiger partial charge in [-0.15, -0.1) is 0 Å². The van der Waals surface area contributed by atoms with Crippen molar-refractivity contribution >= 4 is 46.4 Å². The summed E-state index contributed by atoms with van der Waals surface area (Å²) in [5.41, 5.74) is 1.94. The quantitative estimate of drug-likeness (QED) is 0.365. The van der Waals surface area contributed by atoms with Crippen LogP contribution in [0.5, 0.6) is 5.75 Å². The van der Waals surface area contributed by atoms with Crippen LogP contribution in [0.4, 0.5) is 11.4 Å². The number of hydrogen-bond acceptors (Lipinski definition) is 6. The van der Waals surface area contributed by atoms with Crippen LogP contribution in [-0.2, 0) is 20.3 Å². The van der Waals surface area contributed by atoms with Crippen molar-refractivity contribution in [3.05, 3.63) is 70.0 Å². The summed E-state index contributed by atoms with van der Waals surface area (Å²) in [7, 11) is 1.78. The van der Waals surface area contributed by atoms with E-state index in [9.17, 15) is 9.59 Å². The Balaban J connectivity index is 1.47. The molecule has 0 bridgehead atoms. The first-order valence-corrected chi connectivity index (χ1v) is 11.3. The van der Waals surface area contributed by atoms with Crippen molar-refractivity contribution in [3.8, 4) is 5.75 Å². The summed E-state index contributed by atoms with van der Waals surface area (Å²) < 4.78 is 10.2. The molecule has 3 aromatic heterocycles. The maximum Gasteiger partial charge on any atom is 0.276 e. The van der Waals surface area contributed by atoms with E-state index in [0.717, 1.165) is 5.69 Å². The van der Waals surface area contributed by atoms with Crippen molar-refractivity contribution < 1.29 is 14.3 Å². The van der Waals surface area contributed by atoms with Crippen molar-refractivity contribution in [2.24, 2.45) is 7.05 Å². The number of nitrogens with zero attached hydrogens (tertiary/aromatic N) is 6. The molecule has 0 saturated heterocycles. The molecule has 4 rings (SSSR count). The predicted octanol–water partition coefficient (Wildman–Crippen LogP) is 3.99. The largest absolute Gasteiger partial charge is 0.468 e. The summed E-state index contributed by atoms with van der Waals surface area (Å²) in [6.45, 7) is 4.10. The van der Waals surface area contributed by atoms with Gasteiger partial charge in [-0.05, 0) is 32.0 Å². The van der Waals surface area contributed by atoms with Gasteiger partial charge in [-0.1, -0.05) is 29.3 Å². The fourth-order valence-corrected chi connectivity index (χ4v) is 3.76. The average Bonchev–Trinajstić information content (AvgIpc) is 3.54. The van der Waals surface area contributed by atoms with Crippen LogP contribution in [-0.4, -0.2) is 41.2 Å². The lowest BCUT2D eigenvalue weighted by atomic mass is 10.3. The summed E-state index contributed by atoms with van der Waals surface area (Å²) in [6.07, 6.45) is 4.56. The van der Waals surface area contributed by atoms with Gasteiger partial charge in [0.25, 0.3) is 11.8 Å². The van der Waals surface area contributed by atoms with E-state index in [1.165, 1.54) is 21.6 Å². The highest BCUT2D eigenvalue weighted by molar-refractivity contribution is 6.37. The number of aryl methyl sites for hydroxylation is 2. The summed E-state index contributed by atoms with van der Waals surface area (Å²) >= 11 is 12.2. The molecule has 0 unspecified atom stereocenters. The number of ether oxygens (including phenoxy) is 1. The van der Waals surface area contributed by atoms with Gasteiger partial charge in [-0.3, -0.25) is 19.0 Å². The Hall–Kier alpha value is -3.83. The van der Waals surface area contributed by atoms with Crippen LogP contribution in [0, 0.1) is 6.92 Å². The smallest absolute Gasteiger partial charge is 0.276 e. The van der Waals surface area contributed by atoms with E-state index in [2.05, 4.69) is 25.9 Å². The molecule has 1 aromatic carbocycles. The first-order chi connectivity index (χ1) is 16.8. The van der Waals surface area contributed by atoms with Crippen LogP contribution in [0.25, 0.3) is 0 Å². The molecule has 0 aliphatic rings. The zero-order valence-electron chi connectivity index (χ0n) is 19.1. The molecule has 0 aliphatic carbocycles. The number of carbonyl (C=O) groups is 2. The van der Waals surface area contributed by atoms with Crippen LogP contribution >= 0.6 is 23.2 Å². The van der Waals surface area contributed by atoms with E-state index in [0.29, 0.717) is 28.0 Å². The van der Waals surface area contributed by atoms with Crippen LogP contribution in [0.3, 0.4) is 0 Å². The van der Waals surface area contributed by atoms with Crippen LogP contribution in [0.2, 0.25) is 10.0 Å². The second kappa shape index (κ2) is 10.2. The topological polar surface area (TPSA) is 121 Å². The Morgan fingerprint density at radius 1 is 1.03 bits per heavy atom. The molecule has 3 heterocycles. The van der Waals surface area contributed by atoms with Gasteiger partial charge in [0.05, 0.1) is 39.5 Å². The second-order valence-electron chi connectivity index (χ2n) is 7.46. The Morgan fingerprint density at radius 3 is 2.37 bits per heavy atom. The van der Waals surface area contributed by atoms with Crippen molar-refractivity contribution in [1.29, 1.82) is 0 Å². The normalized spacial score (nSPS) is 10.9. The number of nitrogens with one attached hydrogen (secondary N) is 2. The van der Waals surface area contributed by atoms with Crippen molar-refractivity contribution in [3.63, 3.8) is 0 Å². The van der Waals surface area contributed by atoms with Gasteiger partial charge in [-0.2, -0.15) is 15.3 Å². The Kier molecular flexibility index (Phi) is 7.08. The molecule has 0 spiro atoms. The highest BCUT2D eigenvalue weighted by Crippen LogP contribution is 2.32. The molecule has 0 atom stereocenters. The molecule has 4 aromatic rings. The van der Waals surface area contributed by atoms with Crippen LogP contribution in [0.15, 0.2) is 42.9 Å². The molecule has 13 heteroatoms. The fraction of sp³-hybridized carbons (Fsp3) is 0.227. The molecule has 182 valence electrons.